The molecule has 1 aliphatic heterocycles. The van der Waals surface area contributed by atoms with Gasteiger partial charge in [0.25, 0.3) is 0 Å². The standard InChI is InChI=1S/C64H100FN7O14/c1-14-34(6)46(31-48(74)47(24-25-52(66)78)67-57(79)38(10)26-49(75)53(35(7)15-2)68-59(81)43(18-5)29-42-22-20-19-21-23-42)61(83)69-54(36(8)16-3)51(77)30-44(33-73)60(82)70-56-41(13)86-62(84)55(37(9)17-4)71-63(85)64(32-45(64)28-40(12)65)72-58(80)39(11)27-50(56)76/h19-23,34-41,43-47,53-56,73H,14-18,24-33H2,1-13H3,(H2,66,78)(H,67,79)(H,68,81)(H,69,83)(H,70,82)(H,71,85)(H,72,80)/t34-,35-,36-,37-,38+,39+,40?,41-,43+,44-,45+,46+,47+,53-,54-,55-,56+,64+/m0/s1. The number of hydrogen-bond acceptors (Lipinski definition) is 14. The summed E-state index contributed by atoms with van der Waals surface area (Å²) in [5.41, 5.74) is 4.95. The lowest BCUT2D eigenvalue weighted by molar-refractivity contribution is -0.157. The number of alkyl halides is 1. The first-order valence-corrected chi connectivity index (χ1v) is 31.2. The number of ether oxygens (including phenoxy) is 1. The first-order valence-electron chi connectivity index (χ1n) is 31.2. The van der Waals surface area contributed by atoms with Crippen LogP contribution in [0.1, 0.15) is 179 Å². The zero-order chi connectivity index (χ0) is 64.9. The molecule has 2 aliphatic rings. The molecule has 1 spiro atoms. The molecule has 1 saturated carbocycles. The van der Waals surface area contributed by atoms with Crippen LogP contribution in [0.25, 0.3) is 0 Å². The summed E-state index contributed by atoms with van der Waals surface area (Å²) in [6, 6.07) is 3.17. The zero-order valence-corrected chi connectivity index (χ0v) is 53.0. The van der Waals surface area contributed by atoms with Crippen molar-refractivity contribution < 1.29 is 71.8 Å². The van der Waals surface area contributed by atoms with Crippen LogP contribution < -0.4 is 37.6 Å². The highest BCUT2D eigenvalue weighted by atomic mass is 19.1. The van der Waals surface area contributed by atoms with Gasteiger partial charge in [-0.1, -0.05) is 132 Å². The molecule has 0 aromatic heterocycles. The van der Waals surface area contributed by atoms with E-state index in [4.69, 9.17) is 10.5 Å². The number of esters is 1. The fourth-order valence-corrected chi connectivity index (χ4v) is 11.0. The average Bonchev–Trinajstić information content (AvgIpc) is 2.11. The minimum Gasteiger partial charge on any atom is -0.458 e. The first-order chi connectivity index (χ1) is 40.4. The summed E-state index contributed by atoms with van der Waals surface area (Å²) in [4.78, 5) is 167. The van der Waals surface area contributed by atoms with E-state index in [2.05, 4.69) is 31.9 Å². The van der Waals surface area contributed by atoms with Crippen LogP contribution in [0.2, 0.25) is 0 Å². The van der Waals surface area contributed by atoms with Crippen LogP contribution in [0, 0.1) is 59.2 Å². The Morgan fingerprint density at radius 3 is 1.84 bits per heavy atom. The second kappa shape index (κ2) is 34.8. The van der Waals surface area contributed by atoms with Gasteiger partial charge in [0.2, 0.25) is 41.4 Å². The van der Waals surface area contributed by atoms with Gasteiger partial charge in [0.15, 0.2) is 23.1 Å². The molecule has 1 aromatic carbocycles. The van der Waals surface area contributed by atoms with Crippen LogP contribution in [-0.2, 0) is 68.7 Å². The van der Waals surface area contributed by atoms with Gasteiger partial charge >= 0.3 is 5.97 Å². The van der Waals surface area contributed by atoms with E-state index in [1.54, 1.807) is 41.5 Å². The number of rotatable bonds is 34. The van der Waals surface area contributed by atoms with Crippen molar-refractivity contribution in [3.05, 3.63) is 35.9 Å². The van der Waals surface area contributed by atoms with Crippen molar-refractivity contribution in [2.75, 3.05) is 6.61 Å². The summed E-state index contributed by atoms with van der Waals surface area (Å²) in [5.74, 6) is -15.6. The number of aliphatic hydroxyl groups is 1. The molecule has 2 fully saturated rings. The summed E-state index contributed by atoms with van der Waals surface area (Å²) >= 11 is 0. The van der Waals surface area contributed by atoms with E-state index in [0.717, 1.165) is 5.56 Å². The van der Waals surface area contributed by atoms with Gasteiger partial charge in [0.1, 0.15) is 23.7 Å². The van der Waals surface area contributed by atoms with Crippen LogP contribution >= 0.6 is 0 Å². The molecule has 482 valence electrons. The predicted molar refractivity (Wildman–Crippen MR) is 320 cm³/mol. The van der Waals surface area contributed by atoms with Crippen LogP contribution in [0.5, 0.6) is 0 Å². The van der Waals surface area contributed by atoms with E-state index >= 15 is 0 Å². The molecule has 3 rings (SSSR count). The van der Waals surface area contributed by atoms with E-state index in [9.17, 15) is 67.0 Å². The minimum absolute atomic E-state index is 0.0407. The third kappa shape index (κ3) is 21.2. The summed E-state index contributed by atoms with van der Waals surface area (Å²) in [5, 5.41) is 27.1. The lowest BCUT2D eigenvalue weighted by atomic mass is 9.83. The summed E-state index contributed by atoms with van der Waals surface area (Å²) < 4.78 is 20.0. The Balaban J connectivity index is 1.83. The Kier molecular flexibility index (Phi) is 29.8. The number of hydrogen-bond donors (Lipinski definition) is 8. The maximum atomic E-state index is 14.5. The number of aliphatic hydroxyl groups excluding tert-OH is 1. The van der Waals surface area contributed by atoms with Crippen LogP contribution in [0.3, 0.4) is 0 Å². The lowest BCUT2D eigenvalue weighted by Crippen LogP contribution is -2.57. The zero-order valence-electron chi connectivity index (χ0n) is 53.0. The SMILES string of the molecule is CC[C@H](Cc1ccccc1)C(=O)N[C@H](C(=O)C[C@@H](C)C(=O)N[C@H](CCC(N)=O)C(=O)C[C@@H](C(=O)N[C@H](C(=O)C[C@@H](CO)C(=O)N[C@H]1C(=O)C[C@@H](C)C(=O)N[C@@]2(C[C@H]2CC(C)F)C(=O)N[C@@H]([C@@H](C)CC)C(=O)O[C@H]1C)[C@@H](C)CC)[C@@H](C)CC)[C@@H](C)CC. The molecule has 86 heavy (non-hydrogen) atoms. The smallest absolute Gasteiger partial charge is 0.329 e. The van der Waals surface area contributed by atoms with Gasteiger partial charge in [0.05, 0.1) is 36.8 Å². The largest absolute Gasteiger partial charge is 0.458 e. The number of carbonyl (C=O) groups excluding carboxylic acids is 12. The molecule has 0 radical (unpaired) electrons. The van der Waals surface area contributed by atoms with E-state index < -0.39 is 186 Å². The maximum Gasteiger partial charge on any atom is 0.329 e. The molecule has 22 heteroatoms. The van der Waals surface area contributed by atoms with Crippen molar-refractivity contribution in [3.63, 3.8) is 0 Å². The third-order valence-electron chi connectivity index (χ3n) is 18.0. The fraction of sp³-hybridized carbons (Fsp3) is 0.719. The number of ketones is 4. The van der Waals surface area contributed by atoms with Gasteiger partial charge in [-0.3, -0.25) is 52.7 Å². The van der Waals surface area contributed by atoms with Crippen molar-refractivity contribution in [1.29, 1.82) is 0 Å². The molecule has 1 aromatic rings. The number of carbonyl (C=O) groups is 12. The predicted octanol–water partition coefficient (Wildman–Crippen LogP) is 5.03. The number of nitrogens with two attached hydrogens (primary N) is 1. The lowest BCUT2D eigenvalue weighted by Gasteiger charge is -2.30. The number of Topliss-reactive ketones (excluding diaryl/α,β-unsaturated/α-hetero) is 4. The molecule has 9 N–H and O–H groups in total. The molecule has 1 heterocycles. The Morgan fingerprint density at radius 2 is 1.30 bits per heavy atom. The summed E-state index contributed by atoms with van der Waals surface area (Å²) in [6.45, 7) is 20.8. The number of primary amides is 1. The quantitative estimate of drug-likeness (QED) is 0.0420. The number of benzene rings is 1. The highest BCUT2D eigenvalue weighted by Crippen LogP contribution is 2.48. The van der Waals surface area contributed by atoms with Crippen LogP contribution in [-0.4, -0.2) is 130 Å². The van der Waals surface area contributed by atoms with Crippen LogP contribution in [0.15, 0.2) is 30.3 Å². The third-order valence-corrected chi connectivity index (χ3v) is 18.0. The Morgan fingerprint density at radius 1 is 0.721 bits per heavy atom. The minimum atomic E-state index is -1.61. The van der Waals surface area contributed by atoms with E-state index in [1.165, 1.54) is 27.7 Å². The molecular weight excluding hydrogens is 1110 g/mol. The molecule has 7 amide bonds. The molecule has 1 saturated heterocycles. The van der Waals surface area contributed by atoms with Crippen molar-refractivity contribution >= 4 is 70.5 Å². The normalized spacial score (nSPS) is 24.2. The highest BCUT2D eigenvalue weighted by molar-refractivity contribution is 6.01. The van der Waals surface area contributed by atoms with Crippen molar-refractivity contribution in [3.8, 4) is 0 Å². The van der Waals surface area contributed by atoms with Gasteiger partial charge in [0, 0.05) is 55.8 Å². The van der Waals surface area contributed by atoms with Crippen molar-refractivity contribution in [1.82, 2.24) is 31.9 Å². The molecule has 1 unspecified atom stereocenters. The van der Waals surface area contributed by atoms with Crippen LogP contribution in [0.4, 0.5) is 4.39 Å². The van der Waals surface area contributed by atoms with E-state index in [1.807, 2.05) is 51.1 Å². The Hall–Kier alpha value is -6.45. The second-order valence-corrected chi connectivity index (χ2v) is 24.8. The van der Waals surface area contributed by atoms with Gasteiger partial charge in [-0.15, -0.1) is 0 Å². The maximum absolute atomic E-state index is 14.5. The highest BCUT2D eigenvalue weighted by Gasteiger charge is 2.62. The number of nitrogens with one attached hydrogen (secondary N) is 6. The topological polar surface area (TPSA) is 332 Å². The van der Waals surface area contributed by atoms with Gasteiger partial charge in [-0.25, -0.2) is 9.18 Å². The molecule has 1 aliphatic carbocycles. The van der Waals surface area contributed by atoms with Gasteiger partial charge < -0.3 is 47.5 Å². The number of amides is 7. The first kappa shape index (κ1) is 73.8. The molecule has 21 nitrogen and oxygen atoms in total. The van der Waals surface area contributed by atoms with Crippen molar-refractivity contribution in [2.45, 2.75) is 228 Å². The fourth-order valence-electron chi connectivity index (χ4n) is 11.0. The van der Waals surface area contributed by atoms with Crippen molar-refractivity contribution in [2.24, 2.45) is 64.9 Å². The molecule has 0 bridgehead atoms. The average molecular weight is 1210 g/mol. The monoisotopic (exact) mass is 1210 g/mol. The summed E-state index contributed by atoms with van der Waals surface area (Å²) in [7, 11) is 0. The molecular formula is C64H100FN7O14. The van der Waals surface area contributed by atoms with Gasteiger partial charge in [-0.05, 0) is 81.1 Å². The Labute approximate surface area is 507 Å². The summed E-state index contributed by atoms with van der Waals surface area (Å²) in [6.07, 6.45) is -2.37. The molecule has 18 atom stereocenters. The number of cyclic esters (lactones) is 1. The number of halogens is 1. The van der Waals surface area contributed by atoms with E-state index in [-0.39, 0.29) is 49.7 Å². The Bertz CT molecular complexity index is 2530. The van der Waals surface area contributed by atoms with E-state index in [0.29, 0.717) is 38.5 Å². The second-order valence-electron chi connectivity index (χ2n) is 24.8. The van der Waals surface area contributed by atoms with Gasteiger partial charge in [-0.2, -0.15) is 0 Å².